The molecule has 0 atom stereocenters. The third-order valence-corrected chi connectivity index (χ3v) is 8.63. The predicted octanol–water partition coefficient (Wildman–Crippen LogP) is 3.18. The highest BCUT2D eigenvalue weighted by molar-refractivity contribution is 6.73. The van der Waals surface area contributed by atoms with E-state index >= 15 is 0 Å². The lowest BCUT2D eigenvalue weighted by atomic mass is 10.2. The topological polar surface area (TPSA) is 9.23 Å². The van der Waals surface area contributed by atoms with Crippen LogP contribution in [0.1, 0.15) is 32.1 Å². The minimum absolute atomic E-state index is 0.906. The van der Waals surface area contributed by atoms with Gasteiger partial charge in [-0.2, -0.15) is 0 Å². The molecule has 0 amide bonds. The lowest BCUT2D eigenvalue weighted by Gasteiger charge is -2.20. The van der Waals surface area contributed by atoms with E-state index in [4.69, 9.17) is 4.12 Å². The van der Waals surface area contributed by atoms with Crippen LogP contribution in [0.25, 0.3) is 0 Å². The first kappa shape index (κ1) is 14.9. The van der Waals surface area contributed by atoms with Gasteiger partial charge in [-0.3, -0.25) is 0 Å². The number of hydrogen-bond donors (Lipinski definition) is 0. The van der Waals surface area contributed by atoms with Crippen molar-refractivity contribution in [2.45, 2.75) is 51.2 Å². The van der Waals surface area contributed by atoms with Crippen molar-refractivity contribution < 1.29 is 4.12 Å². The van der Waals surface area contributed by atoms with Gasteiger partial charge in [0.15, 0.2) is 8.32 Å². The van der Waals surface area contributed by atoms with Gasteiger partial charge in [0.25, 0.3) is 0 Å². The van der Waals surface area contributed by atoms with Crippen LogP contribution in [0.3, 0.4) is 0 Å². The molecule has 0 radical (unpaired) electrons. The molecule has 0 N–H and O–H groups in total. The summed E-state index contributed by atoms with van der Waals surface area (Å²) in [5.74, 6) is 0. The molecule has 0 aromatic heterocycles. The van der Waals surface area contributed by atoms with Crippen molar-refractivity contribution in [3.05, 3.63) is 24.8 Å². The summed E-state index contributed by atoms with van der Waals surface area (Å²) in [6, 6.07) is 1.32. The quantitative estimate of drug-likeness (QED) is 0.343. The number of hydrogen-bond acceptors (Lipinski definition) is 1. The van der Waals surface area contributed by atoms with E-state index in [1.807, 2.05) is 6.08 Å². The van der Waals surface area contributed by atoms with Crippen LogP contribution in [-0.4, -0.2) is 18.8 Å². The molecule has 0 aliphatic heterocycles. The average molecular weight is 243 g/mol. The average Bonchev–Trinajstić information content (AvgIpc) is 2.22. The molecule has 0 fully saturated rings. The minimum atomic E-state index is -1.23. The molecule has 0 unspecified atom stereocenters. The lowest BCUT2D eigenvalue weighted by molar-refractivity contribution is 0.595. The van der Waals surface area contributed by atoms with E-state index in [-0.39, 0.29) is 0 Å². The highest BCUT2D eigenvalue weighted by Gasteiger charge is 2.18. The van der Waals surface area contributed by atoms with Crippen LogP contribution in [0.5, 0.6) is 0 Å². The van der Waals surface area contributed by atoms with Gasteiger partial charge in [0.05, 0.1) is 0 Å². The Hall–Kier alpha value is -0.126. The summed E-state index contributed by atoms with van der Waals surface area (Å²) in [5.41, 5.74) is 0. The fourth-order valence-corrected chi connectivity index (χ4v) is 3.28. The SMILES string of the molecule is C=CCCC=CCCCC[Si](C)(C)O[SiH3]. The minimum Gasteiger partial charge on any atom is -0.463 e. The molecule has 0 aliphatic rings. The van der Waals surface area contributed by atoms with Gasteiger partial charge in [0, 0.05) is 0 Å². The Labute approximate surface area is 99.3 Å². The highest BCUT2D eigenvalue weighted by atomic mass is 28.4. The van der Waals surface area contributed by atoms with Crippen LogP contribution in [0.15, 0.2) is 24.8 Å². The van der Waals surface area contributed by atoms with Crippen molar-refractivity contribution in [2.75, 3.05) is 0 Å². The third-order valence-electron chi connectivity index (χ3n) is 2.66. The summed E-state index contributed by atoms with van der Waals surface area (Å²) in [5, 5.41) is 0. The van der Waals surface area contributed by atoms with Crippen LogP contribution in [0.2, 0.25) is 19.1 Å². The van der Waals surface area contributed by atoms with Crippen LogP contribution in [-0.2, 0) is 4.12 Å². The van der Waals surface area contributed by atoms with E-state index in [1.165, 1.54) is 25.3 Å². The summed E-state index contributed by atoms with van der Waals surface area (Å²) >= 11 is 0. The molecule has 3 heteroatoms. The zero-order chi connectivity index (χ0) is 11.6. The van der Waals surface area contributed by atoms with Crippen molar-refractivity contribution in [3.8, 4) is 0 Å². The molecule has 0 heterocycles. The van der Waals surface area contributed by atoms with E-state index < -0.39 is 8.32 Å². The van der Waals surface area contributed by atoms with Gasteiger partial charge in [-0.05, 0) is 38.4 Å². The second-order valence-corrected chi connectivity index (χ2v) is 10.2. The molecule has 15 heavy (non-hydrogen) atoms. The van der Waals surface area contributed by atoms with Crippen molar-refractivity contribution in [3.63, 3.8) is 0 Å². The van der Waals surface area contributed by atoms with Crippen LogP contribution < -0.4 is 0 Å². The van der Waals surface area contributed by atoms with Crippen molar-refractivity contribution in [1.82, 2.24) is 0 Å². The zero-order valence-corrected chi connectivity index (χ0v) is 13.6. The first-order valence-electron chi connectivity index (χ1n) is 5.93. The normalized spacial score (nSPS) is 12.4. The van der Waals surface area contributed by atoms with Crippen LogP contribution >= 0.6 is 0 Å². The zero-order valence-electron chi connectivity index (χ0n) is 10.6. The molecular formula is C12H26OSi2. The molecule has 0 aromatic rings. The first-order valence-corrected chi connectivity index (χ1v) is 9.86. The lowest BCUT2D eigenvalue weighted by Crippen LogP contribution is -2.28. The third kappa shape index (κ3) is 10.2. The Morgan fingerprint density at radius 3 is 2.40 bits per heavy atom. The van der Waals surface area contributed by atoms with Crippen molar-refractivity contribution in [2.24, 2.45) is 0 Å². The molecule has 0 aliphatic carbocycles. The molecule has 0 aromatic carbocycles. The van der Waals surface area contributed by atoms with Crippen LogP contribution in [0.4, 0.5) is 0 Å². The number of unbranched alkanes of at least 4 members (excludes halogenated alkanes) is 3. The number of allylic oxidation sites excluding steroid dienone is 3. The van der Waals surface area contributed by atoms with Gasteiger partial charge in [-0.15, -0.1) is 6.58 Å². The maximum Gasteiger partial charge on any atom is 0.172 e. The molecule has 0 bridgehead atoms. The first-order chi connectivity index (χ1) is 7.12. The van der Waals surface area contributed by atoms with Crippen molar-refractivity contribution >= 4 is 18.8 Å². The summed E-state index contributed by atoms with van der Waals surface area (Å²) in [4.78, 5) is 0. The highest BCUT2D eigenvalue weighted by Crippen LogP contribution is 2.14. The molecule has 1 nitrogen and oxygen atoms in total. The fourth-order valence-electron chi connectivity index (χ4n) is 1.36. The van der Waals surface area contributed by atoms with Gasteiger partial charge in [0.1, 0.15) is 10.5 Å². The van der Waals surface area contributed by atoms with E-state index in [1.54, 1.807) is 0 Å². The predicted molar refractivity (Wildman–Crippen MR) is 75.7 cm³/mol. The maximum absolute atomic E-state index is 5.65. The molecule has 0 saturated heterocycles. The molecular weight excluding hydrogens is 216 g/mol. The Balaban J connectivity index is 3.31. The van der Waals surface area contributed by atoms with E-state index in [2.05, 4.69) is 31.8 Å². The molecule has 88 valence electrons. The van der Waals surface area contributed by atoms with Crippen molar-refractivity contribution in [1.29, 1.82) is 0 Å². The van der Waals surface area contributed by atoms with Gasteiger partial charge in [-0.1, -0.05) is 31.1 Å². The Morgan fingerprint density at radius 1 is 1.13 bits per heavy atom. The van der Waals surface area contributed by atoms with Gasteiger partial charge < -0.3 is 4.12 Å². The smallest absolute Gasteiger partial charge is 0.172 e. The fraction of sp³-hybridized carbons (Fsp3) is 0.667. The summed E-state index contributed by atoms with van der Waals surface area (Å²) < 4.78 is 5.65. The Kier molecular flexibility index (Phi) is 9.05. The maximum atomic E-state index is 5.65. The molecule has 0 rings (SSSR count). The molecule has 0 spiro atoms. The Morgan fingerprint density at radius 2 is 1.80 bits per heavy atom. The summed E-state index contributed by atoms with van der Waals surface area (Å²) in [6.45, 7) is 8.34. The van der Waals surface area contributed by atoms with Gasteiger partial charge in [-0.25, -0.2) is 0 Å². The number of rotatable bonds is 9. The second-order valence-electron chi connectivity index (χ2n) is 4.55. The van der Waals surface area contributed by atoms with Gasteiger partial charge >= 0.3 is 0 Å². The van der Waals surface area contributed by atoms with Gasteiger partial charge in [0.2, 0.25) is 0 Å². The standard InChI is InChI=1S/C12H26OSi2/c1-4-5-6-7-8-9-10-11-12-15(2,3)13-14/h4,7-8H,1,5-6,9-12H2,2-3,14H3. The summed E-state index contributed by atoms with van der Waals surface area (Å²) in [6.07, 6.45) is 12.7. The van der Waals surface area contributed by atoms with E-state index in [0.29, 0.717) is 0 Å². The second kappa shape index (κ2) is 9.13. The summed E-state index contributed by atoms with van der Waals surface area (Å²) in [7, 11) is -0.328. The molecule has 0 saturated carbocycles. The Bertz CT molecular complexity index is 188. The van der Waals surface area contributed by atoms with E-state index in [0.717, 1.165) is 23.3 Å². The van der Waals surface area contributed by atoms with E-state index in [9.17, 15) is 0 Å². The van der Waals surface area contributed by atoms with Crippen LogP contribution in [0, 0.1) is 0 Å². The monoisotopic (exact) mass is 242 g/mol. The largest absolute Gasteiger partial charge is 0.463 e.